The third kappa shape index (κ3) is 5.25. The maximum absolute atomic E-state index is 13.8. The molecule has 0 atom stereocenters. The second kappa shape index (κ2) is 8.77. The maximum atomic E-state index is 13.8. The van der Waals surface area contributed by atoms with E-state index in [-0.39, 0.29) is 36.6 Å². The zero-order valence-corrected chi connectivity index (χ0v) is 14.3. The van der Waals surface area contributed by atoms with Crippen LogP contribution < -0.4 is 5.32 Å². The molecule has 0 bridgehead atoms. The van der Waals surface area contributed by atoms with Gasteiger partial charge in [0.15, 0.2) is 11.7 Å². The summed E-state index contributed by atoms with van der Waals surface area (Å²) in [4.78, 5) is 15.9. The van der Waals surface area contributed by atoms with Gasteiger partial charge in [0.2, 0.25) is 5.91 Å². The number of carbonyl (C=O) groups is 1. The lowest BCUT2D eigenvalue weighted by atomic mass is 10.2. The number of aryl methyl sites for hydroxylation is 1. The molecule has 3 rings (SSSR count). The lowest BCUT2D eigenvalue weighted by Gasteiger charge is -2.00. The minimum absolute atomic E-state index is 0.121. The number of aromatic nitrogens is 1. The van der Waals surface area contributed by atoms with E-state index in [0.717, 1.165) is 17.7 Å². The molecule has 6 heteroatoms. The van der Waals surface area contributed by atoms with Crippen LogP contribution in [0.5, 0.6) is 0 Å². The molecule has 1 amide bonds. The molecule has 0 aliphatic carbocycles. The van der Waals surface area contributed by atoms with Crippen LogP contribution in [0.25, 0.3) is 11.3 Å². The molecule has 0 aliphatic rings. The van der Waals surface area contributed by atoms with Gasteiger partial charge in [-0.2, -0.15) is 0 Å². The Morgan fingerprint density at radius 2 is 1.96 bits per heavy atom. The van der Waals surface area contributed by atoms with E-state index in [4.69, 9.17) is 4.42 Å². The Morgan fingerprint density at radius 3 is 2.74 bits per heavy atom. The van der Waals surface area contributed by atoms with Crippen molar-refractivity contribution >= 4 is 5.91 Å². The molecule has 0 saturated heterocycles. The molecule has 0 fully saturated rings. The molecule has 0 saturated carbocycles. The van der Waals surface area contributed by atoms with Crippen LogP contribution in [0.1, 0.15) is 17.9 Å². The molecule has 0 aliphatic heterocycles. The van der Waals surface area contributed by atoms with Gasteiger partial charge < -0.3 is 9.73 Å². The first kappa shape index (κ1) is 18.3. The maximum Gasteiger partial charge on any atom is 0.221 e. The fourth-order valence-electron chi connectivity index (χ4n) is 2.36. The number of hydrogen-bond donors (Lipinski definition) is 1. The zero-order chi connectivity index (χ0) is 19.1. The van der Waals surface area contributed by atoms with Crippen molar-refractivity contribution in [3.63, 3.8) is 0 Å². The standard InChI is InChI=1S/C21H16F2N2O2/c22-16-8-9-17(18(23)13-16)19-14-25-21(27-19)11-10-20(26)24-12-4-7-15-5-2-1-3-6-15/h1-3,5-6,8-9,13-14H,10-12H2,(H,24,26). The molecular weight excluding hydrogens is 350 g/mol. The Balaban J connectivity index is 1.48. The number of carbonyl (C=O) groups excluding carboxylic acids is 1. The van der Waals surface area contributed by atoms with Crippen molar-refractivity contribution in [2.45, 2.75) is 12.8 Å². The van der Waals surface area contributed by atoms with Gasteiger partial charge in [-0.3, -0.25) is 4.79 Å². The molecule has 1 aromatic heterocycles. The van der Waals surface area contributed by atoms with Gasteiger partial charge in [0.25, 0.3) is 0 Å². The molecule has 136 valence electrons. The Hall–Kier alpha value is -3.46. The normalized spacial score (nSPS) is 10.1. The number of rotatable bonds is 5. The summed E-state index contributed by atoms with van der Waals surface area (Å²) in [6, 6.07) is 12.7. The average Bonchev–Trinajstić information content (AvgIpc) is 3.13. The first-order chi connectivity index (χ1) is 13.1. The van der Waals surface area contributed by atoms with Crippen LogP contribution in [0, 0.1) is 23.5 Å². The van der Waals surface area contributed by atoms with Gasteiger partial charge in [-0.25, -0.2) is 13.8 Å². The summed E-state index contributed by atoms with van der Waals surface area (Å²) >= 11 is 0. The highest BCUT2D eigenvalue weighted by molar-refractivity contribution is 5.76. The van der Waals surface area contributed by atoms with E-state index < -0.39 is 11.6 Å². The zero-order valence-electron chi connectivity index (χ0n) is 14.3. The van der Waals surface area contributed by atoms with Crippen molar-refractivity contribution in [2.75, 3.05) is 6.54 Å². The number of nitrogens with one attached hydrogen (secondary N) is 1. The van der Waals surface area contributed by atoms with Gasteiger partial charge in [-0.15, -0.1) is 0 Å². The molecule has 3 aromatic rings. The highest BCUT2D eigenvalue weighted by atomic mass is 19.1. The van der Waals surface area contributed by atoms with Crippen molar-refractivity contribution in [1.82, 2.24) is 10.3 Å². The Morgan fingerprint density at radius 1 is 1.15 bits per heavy atom. The highest BCUT2D eigenvalue weighted by Gasteiger charge is 2.12. The minimum Gasteiger partial charge on any atom is -0.441 e. The molecule has 0 spiro atoms. The third-order valence-corrected chi connectivity index (χ3v) is 3.70. The van der Waals surface area contributed by atoms with E-state index in [1.807, 2.05) is 30.3 Å². The lowest BCUT2D eigenvalue weighted by Crippen LogP contribution is -2.23. The molecular formula is C21H16F2N2O2. The average molecular weight is 366 g/mol. The summed E-state index contributed by atoms with van der Waals surface area (Å²) in [5, 5.41) is 2.69. The molecule has 1 N–H and O–H groups in total. The van der Waals surface area contributed by atoms with Gasteiger partial charge in [0.1, 0.15) is 11.6 Å². The number of benzene rings is 2. The van der Waals surface area contributed by atoms with Crippen LogP contribution in [-0.4, -0.2) is 17.4 Å². The molecule has 27 heavy (non-hydrogen) atoms. The third-order valence-electron chi connectivity index (χ3n) is 3.70. The number of hydrogen-bond acceptors (Lipinski definition) is 3. The summed E-state index contributed by atoms with van der Waals surface area (Å²) in [6.07, 6.45) is 1.79. The summed E-state index contributed by atoms with van der Waals surface area (Å²) in [6.45, 7) is 0.241. The summed E-state index contributed by atoms with van der Waals surface area (Å²) in [5.74, 6) is 4.73. The van der Waals surface area contributed by atoms with Gasteiger partial charge in [-0.1, -0.05) is 30.0 Å². The second-order valence-corrected chi connectivity index (χ2v) is 5.69. The predicted molar refractivity (Wildman–Crippen MR) is 96.5 cm³/mol. The molecule has 4 nitrogen and oxygen atoms in total. The van der Waals surface area contributed by atoms with E-state index in [2.05, 4.69) is 22.1 Å². The van der Waals surface area contributed by atoms with Gasteiger partial charge in [-0.05, 0) is 24.3 Å². The van der Waals surface area contributed by atoms with Crippen molar-refractivity contribution < 1.29 is 18.0 Å². The fraction of sp³-hybridized carbons (Fsp3) is 0.143. The Bertz CT molecular complexity index is 988. The van der Waals surface area contributed by atoms with Gasteiger partial charge >= 0.3 is 0 Å². The van der Waals surface area contributed by atoms with Crippen LogP contribution in [-0.2, 0) is 11.2 Å². The van der Waals surface area contributed by atoms with Crippen LogP contribution in [0.2, 0.25) is 0 Å². The van der Waals surface area contributed by atoms with Crippen LogP contribution in [0.3, 0.4) is 0 Å². The van der Waals surface area contributed by atoms with Crippen molar-refractivity contribution in [3.8, 4) is 23.2 Å². The summed E-state index contributed by atoms with van der Waals surface area (Å²) in [7, 11) is 0. The monoisotopic (exact) mass is 366 g/mol. The molecule has 0 radical (unpaired) electrons. The summed E-state index contributed by atoms with van der Waals surface area (Å²) in [5.41, 5.74) is 1.00. The quantitative estimate of drug-likeness (QED) is 0.700. The van der Waals surface area contributed by atoms with Crippen molar-refractivity contribution in [1.29, 1.82) is 0 Å². The predicted octanol–water partition coefficient (Wildman–Crippen LogP) is 3.72. The summed E-state index contributed by atoms with van der Waals surface area (Å²) < 4.78 is 32.2. The van der Waals surface area contributed by atoms with E-state index >= 15 is 0 Å². The number of amides is 1. The Kier molecular flexibility index (Phi) is 5.95. The van der Waals surface area contributed by atoms with Gasteiger partial charge in [0.05, 0.1) is 18.3 Å². The number of nitrogens with zero attached hydrogens (tertiary/aromatic N) is 1. The van der Waals surface area contributed by atoms with Crippen LogP contribution >= 0.6 is 0 Å². The van der Waals surface area contributed by atoms with Crippen LogP contribution in [0.4, 0.5) is 8.78 Å². The highest BCUT2D eigenvalue weighted by Crippen LogP contribution is 2.24. The first-order valence-corrected chi connectivity index (χ1v) is 8.32. The van der Waals surface area contributed by atoms with Gasteiger partial charge in [0, 0.05) is 24.5 Å². The van der Waals surface area contributed by atoms with Crippen LogP contribution in [0.15, 0.2) is 59.1 Å². The van der Waals surface area contributed by atoms with Crippen molar-refractivity contribution in [2.24, 2.45) is 0 Å². The number of halogens is 2. The van der Waals surface area contributed by atoms with E-state index in [0.29, 0.717) is 5.89 Å². The fourth-order valence-corrected chi connectivity index (χ4v) is 2.36. The first-order valence-electron chi connectivity index (χ1n) is 8.32. The topological polar surface area (TPSA) is 55.1 Å². The molecule has 2 aromatic carbocycles. The number of oxazole rings is 1. The van der Waals surface area contributed by atoms with E-state index in [9.17, 15) is 13.6 Å². The smallest absolute Gasteiger partial charge is 0.221 e. The second-order valence-electron chi connectivity index (χ2n) is 5.69. The molecule has 0 unspecified atom stereocenters. The Labute approximate surface area is 155 Å². The van der Waals surface area contributed by atoms with Crippen molar-refractivity contribution in [3.05, 3.63) is 77.8 Å². The molecule has 1 heterocycles. The minimum atomic E-state index is -0.729. The SMILES string of the molecule is O=C(CCc1ncc(-c2ccc(F)cc2F)o1)NCC#Cc1ccccc1. The van der Waals surface area contributed by atoms with E-state index in [1.165, 1.54) is 12.3 Å². The van der Waals surface area contributed by atoms with E-state index in [1.54, 1.807) is 0 Å². The lowest BCUT2D eigenvalue weighted by molar-refractivity contribution is -0.120. The largest absolute Gasteiger partial charge is 0.441 e.